The summed E-state index contributed by atoms with van der Waals surface area (Å²) in [4.78, 5) is 35.2. The Morgan fingerprint density at radius 2 is 1.53 bits per heavy atom. The van der Waals surface area contributed by atoms with E-state index in [1.807, 2.05) is 0 Å². The van der Waals surface area contributed by atoms with Crippen molar-refractivity contribution in [3.63, 3.8) is 0 Å². The highest BCUT2D eigenvalue weighted by Crippen LogP contribution is 2.42. The van der Waals surface area contributed by atoms with E-state index in [0.29, 0.717) is 5.69 Å². The average Bonchev–Trinajstić information content (AvgIpc) is 3.52. The molecule has 2 amide bonds. The van der Waals surface area contributed by atoms with Crippen LogP contribution in [0, 0.1) is 11.8 Å². The lowest BCUT2D eigenvalue weighted by atomic mass is 9.81. The molecule has 0 aliphatic heterocycles. The highest BCUT2D eigenvalue weighted by Gasteiger charge is 2.40. The Hall–Kier alpha value is -3.86. The number of hydrogen-bond acceptors (Lipinski definition) is 6. The summed E-state index contributed by atoms with van der Waals surface area (Å²) in [5.41, 5.74) is 0.404. The molecule has 0 saturated heterocycles. The first kappa shape index (κ1) is 32.5. The molecule has 0 unspecified atom stereocenters. The summed E-state index contributed by atoms with van der Waals surface area (Å²) in [7, 11) is 0. The highest BCUT2D eigenvalue weighted by atomic mass is 19.4. The lowest BCUT2D eigenvalue weighted by Crippen LogP contribution is -2.37. The number of carbonyl (C=O) groups excluding carboxylic acids is 2. The Kier molecular flexibility index (Phi) is 9.04. The number of fused-ring (bicyclic) bond motifs is 1. The van der Waals surface area contributed by atoms with E-state index in [4.69, 9.17) is 0 Å². The van der Waals surface area contributed by atoms with E-state index in [0.717, 1.165) is 23.8 Å². The molecule has 2 aliphatic carbocycles. The van der Waals surface area contributed by atoms with Gasteiger partial charge in [0.05, 0.1) is 49.1 Å². The van der Waals surface area contributed by atoms with Crippen LogP contribution >= 0.6 is 0 Å². The van der Waals surface area contributed by atoms with E-state index >= 15 is 0 Å². The van der Waals surface area contributed by atoms with Gasteiger partial charge in [0, 0.05) is 31.7 Å². The number of imidazole rings is 1. The summed E-state index contributed by atoms with van der Waals surface area (Å²) >= 11 is 0. The van der Waals surface area contributed by atoms with Crippen LogP contribution in [-0.2, 0) is 11.3 Å². The van der Waals surface area contributed by atoms with E-state index in [-0.39, 0.29) is 35.9 Å². The van der Waals surface area contributed by atoms with Gasteiger partial charge >= 0.3 is 12.4 Å². The van der Waals surface area contributed by atoms with Gasteiger partial charge in [-0.05, 0) is 43.6 Å². The second kappa shape index (κ2) is 12.5. The molecular weight excluding hydrogens is 620 g/mol. The van der Waals surface area contributed by atoms with E-state index in [1.165, 1.54) is 4.40 Å². The number of amides is 2. The Bertz CT molecular complexity index is 1500. The zero-order valence-corrected chi connectivity index (χ0v) is 23.7. The third-order valence-electron chi connectivity index (χ3n) is 7.93. The smallest absolute Gasteiger partial charge is 0.347 e. The van der Waals surface area contributed by atoms with Crippen LogP contribution in [0.4, 0.5) is 35.1 Å². The van der Waals surface area contributed by atoms with Crippen LogP contribution in [0.2, 0.25) is 0 Å². The SMILES string of the molecule is O=C(CCC(F)(F)F)N[C@H](c1ccn2cc([C@@H](NC(=O)c3cnn(CCC(F)(F)F)n3)C3CCC(F)(F)CC3)nc2n1)C1CC1. The number of alkyl halides is 8. The number of aromatic nitrogens is 6. The van der Waals surface area contributed by atoms with Crippen molar-refractivity contribution in [3.8, 4) is 0 Å². The molecule has 0 bridgehead atoms. The fourth-order valence-electron chi connectivity index (χ4n) is 5.37. The fourth-order valence-corrected chi connectivity index (χ4v) is 5.37. The summed E-state index contributed by atoms with van der Waals surface area (Å²) in [5.74, 6) is -4.73. The van der Waals surface area contributed by atoms with Crippen molar-refractivity contribution in [2.75, 3.05) is 0 Å². The number of nitrogens with zero attached hydrogens (tertiary/aromatic N) is 6. The van der Waals surface area contributed by atoms with E-state index in [9.17, 15) is 44.7 Å². The largest absolute Gasteiger partial charge is 0.390 e. The molecule has 2 aliphatic rings. The molecule has 3 heterocycles. The van der Waals surface area contributed by atoms with Gasteiger partial charge in [-0.25, -0.2) is 18.7 Å². The summed E-state index contributed by atoms with van der Waals surface area (Å²) < 4.78 is 105. The summed E-state index contributed by atoms with van der Waals surface area (Å²) in [5, 5.41) is 12.9. The molecule has 0 radical (unpaired) electrons. The van der Waals surface area contributed by atoms with Crippen molar-refractivity contribution in [1.29, 1.82) is 0 Å². The third kappa shape index (κ3) is 8.87. The van der Waals surface area contributed by atoms with E-state index in [2.05, 4.69) is 30.8 Å². The van der Waals surface area contributed by atoms with Crippen LogP contribution in [-0.4, -0.2) is 59.5 Å². The molecule has 0 spiro atoms. The van der Waals surface area contributed by atoms with Crippen LogP contribution in [0.15, 0.2) is 24.7 Å². The third-order valence-corrected chi connectivity index (χ3v) is 7.93. The number of nitrogens with one attached hydrogen (secondary N) is 2. The molecule has 18 heteroatoms. The molecule has 45 heavy (non-hydrogen) atoms. The normalized spacial score (nSPS) is 18.9. The zero-order chi connectivity index (χ0) is 32.6. The molecule has 3 aromatic rings. The molecule has 2 atom stereocenters. The van der Waals surface area contributed by atoms with E-state index < -0.39 is 86.7 Å². The first-order valence-electron chi connectivity index (χ1n) is 14.4. The molecule has 2 N–H and O–H groups in total. The molecule has 3 aromatic heterocycles. The number of hydrogen-bond donors (Lipinski definition) is 2. The van der Waals surface area contributed by atoms with Gasteiger partial charge in [0.2, 0.25) is 17.6 Å². The zero-order valence-electron chi connectivity index (χ0n) is 23.7. The quantitative estimate of drug-likeness (QED) is 0.266. The summed E-state index contributed by atoms with van der Waals surface area (Å²) in [6.45, 7) is -0.594. The maximum absolute atomic E-state index is 14.0. The van der Waals surface area contributed by atoms with Crippen LogP contribution in [0.3, 0.4) is 0 Å². The maximum atomic E-state index is 14.0. The topological polar surface area (TPSA) is 119 Å². The Balaban J connectivity index is 1.36. The lowest BCUT2D eigenvalue weighted by molar-refractivity contribution is -0.144. The first-order valence-corrected chi connectivity index (χ1v) is 14.4. The number of halogens is 8. The standard InChI is InChI=1S/C27H30F8N8O2/c28-25(29)7-3-16(4-8-25)22(40-23(45)18-13-36-43(41-18)12-10-27(33,34)35)19-14-42-11-6-17(37-24(42)38-19)21(15-1-2-15)39-20(44)5-9-26(30,31)32/h6,11,13-16,21-22H,1-5,7-10,12H2,(H,39,44)(H,40,45)/t21-,22-/m0/s1. The van der Waals surface area contributed by atoms with Crippen LogP contribution in [0.1, 0.15) is 91.7 Å². The predicted molar refractivity (Wildman–Crippen MR) is 140 cm³/mol. The Labute approximate surface area is 251 Å². The minimum atomic E-state index is -4.47. The molecule has 2 fully saturated rings. The summed E-state index contributed by atoms with van der Waals surface area (Å²) in [6, 6.07) is 0.0757. The van der Waals surface area contributed by atoms with Gasteiger partial charge in [0.15, 0.2) is 5.69 Å². The van der Waals surface area contributed by atoms with E-state index in [1.54, 1.807) is 18.5 Å². The Morgan fingerprint density at radius 1 is 0.911 bits per heavy atom. The minimum absolute atomic E-state index is 0.00953. The van der Waals surface area contributed by atoms with Crippen molar-refractivity contribution >= 4 is 17.6 Å². The highest BCUT2D eigenvalue weighted by molar-refractivity contribution is 5.92. The average molecular weight is 651 g/mol. The van der Waals surface area contributed by atoms with Gasteiger partial charge in [-0.1, -0.05) is 0 Å². The van der Waals surface area contributed by atoms with Crippen LogP contribution in [0.25, 0.3) is 5.78 Å². The van der Waals surface area contributed by atoms with Crippen molar-refractivity contribution in [1.82, 2.24) is 40.0 Å². The summed E-state index contributed by atoms with van der Waals surface area (Å²) in [6.07, 6.45) is -7.16. The first-order chi connectivity index (χ1) is 21.1. The van der Waals surface area contributed by atoms with Crippen molar-refractivity contribution < 1.29 is 44.7 Å². The second-order valence-corrected chi connectivity index (χ2v) is 11.6. The van der Waals surface area contributed by atoms with Crippen LogP contribution < -0.4 is 10.6 Å². The van der Waals surface area contributed by atoms with Crippen molar-refractivity contribution in [3.05, 3.63) is 41.7 Å². The molecular formula is C27H30F8N8O2. The van der Waals surface area contributed by atoms with Crippen molar-refractivity contribution in [2.24, 2.45) is 11.8 Å². The lowest BCUT2D eigenvalue weighted by Gasteiger charge is -2.33. The molecule has 2 saturated carbocycles. The van der Waals surface area contributed by atoms with Gasteiger partial charge < -0.3 is 10.6 Å². The monoisotopic (exact) mass is 650 g/mol. The predicted octanol–water partition coefficient (Wildman–Crippen LogP) is 5.48. The number of aryl methyl sites for hydroxylation is 1. The fraction of sp³-hybridized carbons (Fsp3) is 0.630. The Morgan fingerprint density at radius 3 is 2.18 bits per heavy atom. The maximum Gasteiger partial charge on any atom is 0.390 e. The minimum Gasteiger partial charge on any atom is -0.347 e. The molecule has 246 valence electrons. The van der Waals surface area contributed by atoms with Gasteiger partial charge in [0.25, 0.3) is 5.91 Å². The van der Waals surface area contributed by atoms with Gasteiger partial charge in [-0.15, -0.1) is 5.10 Å². The second-order valence-electron chi connectivity index (χ2n) is 11.6. The molecule has 10 nitrogen and oxygen atoms in total. The molecule has 5 rings (SSSR count). The van der Waals surface area contributed by atoms with Gasteiger partial charge in [0.1, 0.15) is 0 Å². The van der Waals surface area contributed by atoms with Crippen molar-refractivity contribution in [2.45, 2.75) is 94.7 Å². The number of rotatable bonds is 11. The van der Waals surface area contributed by atoms with Crippen LogP contribution in [0.5, 0.6) is 0 Å². The van der Waals surface area contributed by atoms with Gasteiger partial charge in [-0.3, -0.25) is 14.0 Å². The van der Waals surface area contributed by atoms with Gasteiger partial charge in [-0.2, -0.15) is 36.2 Å². The molecule has 0 aromatic carbocycles. The number of carbonyl (C=O) groups is 2.